The van der Waals surface area contributed by atoms with Crippen LogP contribution in [0.1, 0.15) is 29.2 Å². The fourth-order valence-electron chi connectivity index (χ4n) is 5.14. The second kappa shape index (κ2) is 10.6. The number of amidine groups is 1. The topological polar surface area (TPSA) is 74.2 Å². The molecular weight excluding hydrogens is 528 g/mol. The quantitative estimate of drug-likeness (QED) is 0.540. The highest BCUT2D eigenvalue weighted by Crippen LogP contribution is 2.42. The summed E-state index contributed by atoms with van der Waals surface area (Å²) in [5.74, 6) is -0.581. The lowest BCUT2D eigenvalue weighted by molar-refractivity contribution is -0.137. The molecule has 0 aromatic heterocycles. The summed E-state index contributed by atoms with van der Waals surface area (Å²) < 4.78 is 60.0. The van der Waals surface area contributed by atoms with Gasteiger partial charge in [0.25, 0.3) is 0 Å². The Balaban J connectivity index is 1.69. The molecule has 2 heterocycles. The van der Waals surface area contributed by atoms with Crippen LogP contribution in [0, 0.1) is 5.82 Å². The molecule has 2 aromatic carbocycles. The Morgan fingerprint density at radius 1 is 1.18 bits per heavy atom. The predicted molar refractivity (Wildman–Crippen MR) is 140 cm³/mol. The largest absolute Gasteiger partial charge is 0.496 e. The maximum atomic E-state index is 14.5. The summed E-state index contributed by atoms with van der Waals surface area (Å²) in [5.41, 5.74) is 1.31. The number of alkyl halides is 3. The zero-order valence-electron chi connectivity index (χ0n) is 21.5. The first-order chi connectivity index (χ1) is 19.1. The molecule has 3 amide bonds. The van der Waals surface area contributed by atoms with Gasteiger partial charge in [0.05, 0.1) is 24.3 Å². The average molecular weight is 555 g/mol. The summed E-state index contributed by atoms with van der Waals surface area (Å²) in [6, 6.07) is 6.26. The van der Waals surface area contributed by atoms with Crippen LogP contribution in [0.15, 0.2) is 83.4 Å². The smallest absolute Gasteiger partial charge is 0.416 e. The van der Waals surface area contributed by atoms with E-state index >= 15 is 0 Å². The zero-order valence-corrected chi connectivity index (χ0v) is 21.5. The number of allylic oxidation sites excluding steroid dienone is 4. The number of aliphatic imine (C=N–C) groups is 1. The normalized spacial score (nSPS) is 21.2. The van der Waals surface area contributed by atoms with E-state index in [2.05, 4.69) is 11.9 Å². The Hall–Kier alpha value is -4.41. The van der Waals surface area contributed by atoms with E-state index in [-0.39, 0.29) is 42.7 Å². The van der Waals surface area contributed by atoms with Crippen molar-refractivity contribution in [3.05, 3.63) is 101 Å². The predicted octanol–water partition coefficient (Wildman–Crippen LogP) is 5.02. The molecule has 3 aliphatic rings. The molecule has 7 nitrogen and oxygen atoms in total. The summed E-state index contributed by atoms with van der Waals surface area (Å²) >= 11 is 0. The third-order valence-corrected chi connectivity index (χ3v) is 7.02. The van der Waals surface area contributed by atoms with Crippen molar-refractivity contribution < 1.29 is 31.9 Å². The number of urea groups is 1. The number of benzene rings is 2. The average Bonchev–Trinajstić information content (AvgIpc) is 3.33. The van der Waals surface area contributed by atoms with Gasteiger partial charge in [-0.05, 0) is 47.9 Å². The van der Waals surface area contributed by atoms with Gasteiger partial charge in [-0.25, -0.2) is 9.18 Å². The number of ether oxygens (including phenoxy) is 1. The zero-order chi connectivity index (χ0) is 28.6. The van der Waals surface area contributed by atoms with Crippen molar-refractivity contribution in [3.63, 3.8) is 0 Å². The standard InChI is InChI=1S/C29H26F4N4O3/c1-17-4-3-5-19(14-17)26-25(18-6-8-20(9-7-18)29(31,32)33)35-27(22-15-21(30)10-11-23(22)40-2)37(26)28(39)36-13-12-34-24(38)16-36/h3-11,15,25-26H,1,12-14,16H2,2H3,(H,34,38). The molecule has 0 bridgehead atoms. The van der Waals surface area contributed by atoms with Crippen LogP contribution in [0.25, 0.3) is 0 Å². The van der Waals surface area contributed by atoms with E-state index in [1.165, 1.54) is 47.2 Å². The lowest BCUT2D eigenvalue weighted by Gasteiger charge is -2.37. The van der Waals surface area contributed by atoms with E-state index in [0.717, 1.165) is 23.3 Å². The Bertz CT molecular complexity index is 1450. The maximum absolute atomic E-state index is 14.5. The van der Waals surface area contributed by atoms with Gasteiger partial charge in [0.15, 0.2) is 0 Å². The second-order valence-electron chi connectivity index (χ2n) is 9.67. The van der Waals surface area contributed by atoms with Crippen molar-refractivity contribution >= 4 is 17.8 Å². The number of hydrogen-bond acceptors (Lipinski definition) is 4. The van der Waals surface area contributed by atoms with Crippen molar-refractivity contribution in [2.45, 2.75) is 24.7 Å². The summed E-state index contributed by atoms with van der Waals surface area (Å²) in [6.07, 6.45) is 1.28. The van der Waals surface area contributed by atoms with E-state index in [4.69, 9.17) is 9.73 Å². The highest BCUT2D eigenvalue weighted by atomic mass is 19.4. The number of piperazine rings is 1. The number of carbonyl (C=O) groups excluding carboxylic acids is 2. The molecule has 1 saturated heterocycles. The fourth-order valence-corrected chi connectivity index (χ4v) is 5.14. The third-order valence-electron chi connectivity index (χ3n) is 7.02. The highest BCUT2D eigenvalue weighted by molar-refractivity contribution is 6.11. The number of carbonyl (C=O) groups is 2. The molecular formula is C29H26F4N4O3. The summed E-state index contributed by atoms with van der Waals surface area (Å²) in [5, 5.41) is 2.68. The molecule has 5 rings (SSSR count). The first-order valence-corrected chi connectivity index (χ1v) is 12.6. The fraction of sp³-hybridized carbons (Fsp3) is 0.276. The molecule has 1 aliphatic carbocycles. The third kappa shape index (κ3) is 5.23. The number of amides is 3. The molecule has 0 spiro atoms. The SMILES string of the molecule is C=C1C=CC=C(C2C(c3ccc(C(F)(F)F)cc3)N=C(c3cc(F)ccc3OC)N2C(=O)N2CCNC(=O)C2)C1. The van der Waals surface area contributed by atoms with Crippen LogP contribution in [-0.4, -0.2) is 60.4 Å². The van der Waals surface area contributed by atoms with Gasteiger partial charge in [-0.3, -0.25) is 14.7 Å². The summed E-state index contributed by atoms with van der Waals surface area (Å²) in [6.45, 7) is 4.33. The maximum Gasteiger partial charge on any atom is 0.416 e. The van der Waals surface area contributed by atoms with Crippen LogP contribution in [0.2, 0.25) is 0 Å². The molecule has 2 atom stereocenters. The first-order valence-electron chi connectivity index (χ1n) is 12.6. The lowest BCUT2D eigenvalue weighted by atomic mass is 9.87. The molecule has 0 radical (unpaired) electrons. The molecule has 40 heavy (non-hydrogen) atoms. The number of methoxy groups -OCH3 is 1. The van der Waals surface area contributed by atoms with Gasteiger partial charge in [-0.15, -0.1) is 0 Å². The lowest BCUT2D eigenvalue weighted by Crippen LogP contribution is -2.56. The molecule has 1 fully saturated rings. The number of nitrogens with zero attached hydrogens (tertiary/aromatic N) is 3. The summed E-state index contributed by atoms with van der Waals surface area (Å²) in [4.78, 5) is 33.9. The van der Waals surface area contributed by atoms with Gasteiger partial charge in [0.2, 0.25) is 5.91 Å². The number of halogens is 4. The van der Waals surface area contributed by atoms with Crippen LogP contribution in [-0.2, 0) is 11.0 Å². The summed E-state index contributed by atoms with van der Waals surface area (Å²) in [7, 11) is 1.40. The van der Waals surface area contributed by atoms with Crippen molar-refractivity contribution in [2.24, 2.45) is 4.99 Å². The number of nitrogens with one attached hydrogen (secondary N) is 1. The minimum absolute atomic E-state index is 0.0864. The van der Waals surface area contributed by atoms with Gasteiger partial charge in [-0.1, -0.05) is 42.5 Å². The van der Waals surface area contributed by atoms with Crippen molar-refractivity contribution in [1.82, 2.24) is 15.1 Å². The van der Waals surface area contributed by atoms with Gasteiger partial charge < -0.3 is 15.0 Å². The van der Waals surface area contributed by atoms with Crippen LogP contribution >= 0.6 is 0 Å². The van der Waals surface area contributed by atoms with E-state index in [1.54, 1.807) is 6.08 Å². The van der Waals surface area contributed by atoms with Crippen LogP contribution in [0.4, 0.5) is 22.4 Å². The van der Waals surface area contributed by atoms with Gasteiger partial charge in [0, 0.05) is 13.1 Å². The Morgan fingerprint density at radius 3 is 2.58 bits per heavy atom. The Kier molecular flexibility index (Phi) is 7.22. The van der Waals surface area contributed by atoms with Crippen molar-refractivity contribution in [2.75, 3.05) is 26.7 Å². The van der Waals surface area contributed by atoms with Crippen molar-refractivity contribution in [1.29, 1.82) is 0 Å². The molecule has 11 heteroatoms. The van der Waals surface area contributed by atoms with Crippen LogP contribution < -0.4 is 10.1 Å². The molecule has 2 aliphatic heterocycles. The molecule has 0 saturated carbocycles. The molecule has 1 N–H and O–H groups in total. The van der Waals surface area contributed by atoms with E-state index < -0.39 is 35.7 Å². The molecule has 2 aromatic rings. The number of rotatable bonds is 4. The van der Waals surface area contributed by atoms with Crippen LogP contribution in [0.5, 0.6) is 5.75 Å². The van der Waals surface area contributed by atoms with E-state index in [1.807, 2.05) is 12.2 Å². The van der Waals surface area contributed by atoms with Gasteiger partial charge in [-0.2, -0.15) is 13.2 Å². The Labute approximate surface area is 228 Å². The minimum atomic E-state index is -4.53. The van der Waals surface area contributed by atoms with Gasteiger partial charge in [0.1, 0.15) is 30.0 Å². The van der Waals surface area contributed by atoms with Crippen molar-refractivity contribution in [3.8, 4) is 5.75 Å². The molecule has 208 valence electrons. The minimum Gasteiger partial charge on any atom is -0.496 e. The number of hydrogen-bond donors (Lipinski definition) is 1. The monoisotopic (exact) mass is 554 g/mol. The molecule has 2 unspecified atom stereocenters. The second-order valence-corrected chi connectivity index (χ2v) is 9.67. The van der Waals surface area contributed by atoms with E-state index in [9.17, 15) is 27.2 Å². The van der Waals surface area contributed by atoms with Gasteiger partial charge >= 0.3 is 12.2 Å². The Morgan fingerprint density at radius 2 is 1.93 bits per heavy atom. The highest BCUT2D eigenvalue weighted by Gasteiger charge is 2.46. The van der Waals surface area contributed by atoms with E-state index in [0.29, 0.717) is 12.0 Å². The van der Waals surface area contributed by atoms with Crippen LogP contribution in [0.3, 0.4) is 0 Å². The first kappa shape index (κ1) is 27.2.